The van der Waals surface area contributed by atoms with Crippen molar-refractivity contribution in [1.82, 2.24) is 9.97 Å². The van der Waals surface area contributed by atoms with Crippen molar-refractivity contribution >= 4 is 34.4 Å². The van der Waals surface area contributed by atoms with Crippen molar-refractivity contribution in [2.24, 2.45) is 0 Å². The van der Waals surface area contributed by atoms with Gasteiger partial charge in [-0.25, -0.2) is 9.97 Å². The van der Waals surface area contributed by atoms with Crippen molar-refractivity contribution < 1.29 is 9.53 Å². The third-order valence-electron chi connectivity index (χ3n) is 0.978. The Balaban J connectivity index is 2.97. The number of rotatable bonds is 1. The van der Waals surface area contributed by atoms with Crippen LogP contribution in [0, 0.1) is 3.70 Å². The quantitative estimate of drug-likeness (QED) is 0.601. The van der Waals surface area contributed by atoms with Crippen LogP contribution in [0.4, 0.5) is 5.82 Å². The van der Waals surface area contributed by atoms with Crippen LogP contribution < -0.4 is 10.5 Å². The molecule has 12 heavy (non-hydrogen) atoms. The van der Waals surface area contributed by atoms with Gasteiger partial charge < -0.3 is 10.5 Å². The van der Waals surface area contributed by atoms with Crippen molar-refractivity contribution in [1.29, 1.82) is 0 Å². The first-order valence-corrected chi connectivity index (χ1v) is 4.14. The van der Waals surface area contributed by atoms with Gasteiger partial charge in [-0.2, -0.15) is 0 Å². The Morgan fingerprint density at radius 3 is 3.00 bits per heavy atom. The lowest BCUT2D eigenvalue weighted by atomic mass is 10.6. The van der Waals surface area contributed by atoms with Crippen molar-refractivity contribution in [3.8, 4) is 5.88 Å². The first-order chi connectivity index (χ1) is 5.59. The third-order valence-corrected chi connectivity index (χ3v) is 1.50. The average Bonchev–Trinajstić information content (AvgIpc) is 1.96. The predicted octanol–water partition coefficient (Wildman–Crippen LogP) is 0.589. The molecule has 2 N–H and O–H groups in total. The van der Waals surface area contributed by atoms with Crippen LogP contribution in [0.25, 0.3) is 0 Å². The summed E-state index contributed by atoms with van der Waals surface area (Å²) >= 11 is 1.95. The zero-order valence-corrected chi connectivity index (χ0v) is 8.40. The molecule has 0 fully saturated rings. The van der Waals surface area contributed by atoms with Gasteiger partial charge >= 0.3 is 5.97 Å². The number of nitrogens with two attached hydrogens (primary N) is 1. The van der Waals surface area contributed by atoms with E-state index in [0.717, 1.165) is 0 Å². The highest BCUT2D eigenvalue weighted by Gasteiger charge is 2.06. The molecule has 6 heteroatoms. The molecule has 0 saturated heterocycles. The Bertz CT molecular complexity index is 316. The Morgan fingerprint density at radius 2 is 2.42 bits per heavy atom. The van der Waals surface area contributed by atoms with Crippen LogP contribution in [0.2, 0.25) is 0 Å². The first-order valence-electron chi connectivity index (χ1n) is 3.06. The molecule has 0 aliphatic rings. The first kappa shape index (κ1) is 9.17. The van der Waals surface area contributed by atoms with Gasteiger partial charge in [-0.3, -0.25) is 4.79 Å². The summed E-state index contributed by atoms with van der Waals surface area (Å²) in [5, 5.41) is 0. The highest BCUT2D eigenvalue weighted by Crippen LogP contribution is 2.15. The molecule has 1 aromatic rings. The van der Waals surface area contributed by atoms with Crippen LogP contribution in [0.1, 0.15) is 6.92 Å². The minimum atomic E-state index is -0.460. The smallest absolute Gasteiger partial charge is 0.309 e. The molecule has 0 saturated carbocycles. The van der Waals surface area contributed by atoms with Gasteiger partial charge in [0.2, 0.25) is 0 Å². The van der Waals surface area contributed by atoms with Gasteiger partial charge in [-0.15, -0.1) is 0 Å². The van der Waals surface area contributed by atoms with Crippen molar-refractivity contribution in [3.63, 3.8) is 0 Å². The summed E-state index contributed by atoms with van der Waals surface area (Å²) in [5.41, 5.74) is 5.38. The molecule has 0 atom stereocenters. The van der Waals surface area contributed by atoms with E-state index >= 15 is 0 Å². The van der Waals surface area contributed by atoms with Crippen molar-refractivity contribution in [2.45, 2.75) is 6.92 Å². The topological polar surface area (TPSA) is 78.1 Å². The number of nitrogen functional groups attached to an aromatic ring is 1. The molecule has 0 bridgehead atoms. The van der Waals surface area contributed by atoms with Gasteiger partial charge in [0.1, 0.15) is 3.70 Å². The molecule has 0 aliphatic heterocycles. The molecule has 1 aromatic heterocycles. The normalized spacial score (nSPS) is 9.50. The lowest BCUT2D eigenvalue weighted by Crippen LogP contribution is -2.07. The van der Waals surface area contributed by atoms with Crippen LogP contribution in [0.5, 0.6) is 5.88 Å². The number of anilines is 1. The maximum Gasteiger partial charge on any atom is 0.309 e. The van der Waals surface area contributed by atoms with E-state index in [9.17, 15) is 4.79 Å². The largest absolute Gasteiger partial charge is 0.404 e. The van der Waals surface area contributed by atoms with Gasteiger partial charge in [-0.1, -0.05) is 0 Å². The summed E-state index contributed by atoms with van der Waals surface area (Å²) < 4.78 is 5.31. The number of hydrogen-bond donors (Lipinski definition) is 1. The molecule has 5 nitrogen and oxygen atoms in total. The zero-order valence-electron chi connectivity index (χ0n) is 6.24. The Morgan fingerprint density at radius 1 is 1.75 bits per heavy atom. The van der Waals surface area contributed by atoms with Gasteiger partial charge in [0.05, 0.1) is 6.20 Å². The van der Waals surface area contributed by atoms with E-state index < -0.39 is 5.97 Å². The number of hydrogen-bond acceptors (Lipinski definition) is 5. The fourth-order valence-corrected chi connectivity index (χ4v) is 0.931. The number of nitrogens with zero attached hydrogens (tertiary/aromatic N) is 2. The highest BCUT2D eigenvalue weighted by atomic mass is 127. The molecule has 0 aliphatic carbocycles. The van der Waals surface area contributed by atoms with E-state index in [2.05, 4.69) is 14.7 Å². The van der Waals surface area contributed by atoms with E-state index in [1.807, 2.05) is 22.6 Å². The minimum absolute atomic E-state index is 0.0643. The summed E-state index contributed by atoms with van der Waals surface area (Å²) in [5.74, 6) is -0.280. The zero-order chi connectivity index (χ0) is 9.14. The SMILES string of the molecule is CC(=O)Oc1nc(I)cnc1N. The van der Waals surface area contributed by atoms with E-state index in [4.69, 9.17) is 5.73 Å². The monoisotopic (exact) mass is 279 g/mol. The van der Waals surface area contributed by atoms with Crippen molar-refractivity contribution in [3.05, 3.63) is 9.90 Å². The second-order valence-electron chi connectivity index (χ2n) is 1.98. The number of carbonyl (C=O) groups excluding carboxylic acids is 1. The van der Waals surface area contributed by atoms with E-state index in [1.165, 1.54) is 13.1 Å². The Kier molecular flexibility index (Phi) is 2.79. The maximum atomic E-state index is 10.5. The van der Waals surface area contributed by atoms with E-state index in [1.54, 1.807) is 0 Å². The number of aromatic nitrogens is 2. The van der Waals surface area contributed by atoms with Gasteiger partial charge in [0.15, 0.2) is 5.82 Å². The number of esters is 1. The maximum absolute atomic E-state index is 10.5. The second kappa shape index (κ2) is 3.65. The molecule has 64 valence electrons. The van der Waals surface area contributed by atoms with Gasteiger partial charge in [0, 0.05) is 6.92 Å². The van der Waals surface area contributed by atoms with Crippen LogP contribution in [-0.2, 0) is 4.79 Å². The molecule has 0 amide bonds. The Hall–Kier alpha value is -0.920. The molecule has 1 rings (SSSR count). The highest BCUT2D eigenvalue weighted by molar-refractivity contribution is 14.1. The minimum Gasteiger partial charge on any atom is -0.404 e. The van der Waals surface area contributed by atoms with Gasteiger partial charge in [-0.05, 0) is 22.6 Å². The van der Waals surface area contributed by atoms with Crippen LogP contribution in [-0.4, -0.2) is 15.9 Å². The summed E-state index contributed by atoms with van der Waals surface area (Å²) in [6.45, 7) is 1.28. The molecule has 0 unspecified atom stereocenters. The molecule has 0 radical (unpaired) electrons. The summed E-state index contributed by atoms with van der Waals surface area (Å²) in [7, 11) is 0. The number of ether oxygens (including phenoxy) is 1. The molecular formula is C6H6IN3O2. The van der Waals surface area contributed by atoms with Crippen molar-refractivity contribution in [2.75, 3.05) is 5.73 Å². The van der Waals surface area contributed by atoms with E-state index in [-0.39, 0.29) is 11.7 Å². The van der Waals surface area contributed by atoms with Crippen LogP contribution in [0.15, 0.2) is 6.20 Å². The predicted molar refractivity (Wildman–Crippen MR) is 50.5 cm³/mol. The third kappa shape index (κ3) is 2.29. The fourth-order valence-electron chi connectivity index (χ4n) is 0.572. The molecule has 0 aromatic carbocycles. The summed E-state index contributed by atoms with van der Waals surface area (Å²) in [4.78, 5) is 18.2. The molecule has 0 spiro atoms. The summed E-state index contributed by atoms with van der Waals surface area (Å²) in [6, 6.07) is 0. The second-order valence-corrected chi connectivity index (χ2v) is 3.08. The van der Waals surface area contributed by atoms with Crippen LogP contribution >= 0.6 is 22.6 Å². The number of halogens is 1. The van der Waals surface area contributed by atoms with Gasteiger partial charge in [0.25, 0.3) is 5.88 Å². The summed E-state index contributed by atoms with van der Waals surface area (Å²) in [6.07, 6.45) is 1.49. The van der Waals surface area contributed by atoms with Crippen LogP contribution in [0.3, 0.4) is 0 Å². The molecular weight excluding hydrogens is 273 g/mol. The Labute approximate surface area is 82.5 Å². The van der Waals surface area contributed by atoms with E-state index in [0.29, 0.717) is 3.70 Å². The lowest BCUT2D eigenvalue weighted by Gasteiger charge is -2.01. The number of carbonyl (C=O) groups is 1. The fraction of sp³-hybridized carbons (Fsp3) is 0.167. The average molecular weight is 279 g/mol. The standard InChI is InChI=1S/C6H6IN3O2/c1-3(11)12-6-5(8)9-2-4(7)10-6/h2H,1H3,(H2,8,9). The molecule has 1 heterocycles. The lowest BCUT2D eigenvalue weighted by molar-refractivity contribution is -0.132.